The van der Waals surface area contributed by atoms with E-state index in [1.807, 2.05) is 32.9 Å². The van der Waals surface area contributed by atoms with Crippen LogP contribution >= 0.6 is 15.9 Å². The van der Waals surface area contributed by atoms with E-state index in [1.165, 1.54) is 13.3 Å². The molecule has 0 saturated heterocycles. The Morgan fingerprint density at radius 3 is 2.38 bits per heavy atom. The molecule has 34 heavy (non-hydrogen) atoms. The number of halogens is 1. The van der Waals surface area contributed by atoms with Crippen LogP contribution in [0, 0.1) is 20.8 Å². The van der Waals surface area contributed by atoms with E-state index in [-0.39, 0.29) is 18.6 Å². The summed E-state index contributed by atoms with van der Waals surface area (Å²) in [6, 6.07) is 7.41. The highest BCUT2D eigenvalue weighted by Gasteiger charge is 2.26. The van der Waals surface area contributed by atoms with Crippen molar-refractivity contribution in [1.82, 2.24) is 10.7 Å². The van der Waals surface area contributed by atoms with E-state index in [4.69, 9.17) is 9.47 Å². The second-order valence-electron chi connectivity index (χ2n) is 8.09. The molecular weight excluding hydrogens is 504 g/mol. The Hall–Kier alpha value is -3.40. The van der Waals surface area contributed by atoms with Crippen molar-refractivity contribution in [2.75, 3.05) is 19.0 Å². The van der Waals surface area contributed by atoms with Gasteiger partial charge in [-0.05, 0) is 78.4 Å². The lowest BCUT2D eigenvalue weighted by molar-refractivity contribution is -0.139. The zero-order valence-corrected chi connectivity index (χ0v) is 21.0. The number of anilines is 1. The minimum Gasteiger partial charge on any atom is -0.493 e. The number of hydrogen-bond donors (Lipinski definition) is 3. The number of methoxy groups -OCH3 is 1. The third-order valence-electron chi connectivity index (χ3n) is 5.04. The lowest BCUT2D eigenvalue weighted by Crippen LogP contribution is -2.38. The topological polar surface area (TPSA) is 118 Å². The first-order valence-corrected chi connectivity index (χ1v) is 11.5. The van der Waals surface area contributed by atoms with Crippen molar-refractivity contribution in [2.45, 2.75) is 39.7 Å². The van der Waals surface area contributed by atoms with Crippen LogP contribution in [0.2, 0.25) is 0 Å². The minimum atomic E-state index is -0.834. The van der Waals surface area contributed by atoms with Crippen LogP contribution in [0.5, 0.6) is 11.5 Å². The molecule has 1 aliphatic carbocycles. The van der Waals surface area contributed by atoms with Crippen molar-refractivity contribution in [2.24, 2.45) is 5.10 Å². The second-order valence-corrected chi connectivity index (χ2v) is 8.95. The Morgan fingerprint density at radius 1 is 1.09 bits per heavy atom. The number of nitrogens with zero attached hydrogens (tertiary/aromatic N) is 1. The van der Waals surface area contributed by atoms with Gasteiger partial charge in [0.15, 0.2) is 18.1 Å². The average Bonchev–Trinajstić information content (AvgIpc) is 3.59. The highest BCUT2D eigenvalue weighted by molar-refractivity contribution is 9.10. The molecule has 0 spiro atoms. The van der Waals surface area contributed by atoms with Crippen LogP contribution in [0.15, 0.2) is 33.8 Å². The molecular formula is C24H27BrN4O5. The van der Waals surface area contributed by atoms with Crippen LogP contribution < -0.4 is 25.5 Å². The number of hydrazone groups is 1. The monoisotopic (exact) mass is 530 g/mol. The van der Waals surface area contributed by atoms with Gasteiger partial charge in [0.1, 0.15) is 0 Å². The van der Waals surface area contributed by atoms with Crippen LogP contribution in [0.4, 0.5) is 5.69 Å². The van der Waals surface area contributed by atoms with Crippen molar-refractivity contribution in [3.63, 3.8) is 0 Å². The smallest absolute Gasteiger partial charge is 0.329 e. The first-order valence-electron chi connectivity index (χ1n) is 10.7. The zero-order valence-electron chi connectivity index (χ0n) is 19.5. The first-order chi connectivity index (χ1) is 16.2. The van der Waals surface area contributed by atoms with Crippen molar-refractivity contribution in [1.29, 1.82) is 0 Å². The molecule has 0 atom stereocenters. The zero-order chi connectivity index (χ0) is 24.8. The van der Waals surface area contributed by atoms with Gasteiger partial charge in [0.2, 0.25) is 0 Å². The van der Waals surface area contributed by atoms with Gasteiger partial charge >= 0.3 is 11.8 Å². The van der Waals surface area contributed by atoms with E-state index < -0.39 is 11.8 Å². The fourth-order valence-corrected chi connectivity index (χ4v) is 3.91. The minimum absolute atomic E-state index is 0.0852. The fourth-order valence-electron chi connectivity index (χ4n) is 3.34. The molecule has 3 amide bonds. The summed E-state index contributed by atoms with van der Waals surface area (Å²) >= 11 is 3.42. The SMILES string of the molecule is COc1cc(/C=N\NC(=O)C(=O)NC2CC2)cc(Br)c1OCC(=O)Nc1c(C)cc(C)cc1C. The van der Waals surface area contributed by atoms with Gasteiger partial charge in [-0.25, -0.2) is 5.43 Å². The number of carbonyl (C=O) groups excluding carboxylic acids is 3. The van der Waals surface area contributed by atoms with Crippen molar-refractivity contribution < 1.29 is 23.9 Å². The van der Waals surface area contributed by atoms with Crippen molar-refractivity contribution in [3.8, 4) is 11.5 Å². The molecule has 0 unspecified atom stereocenters. The number of amides is 3. The maximum atomic E-state index is 12.5. The van der Waals surface area contributed by atoms with Gasteiger partial charge < -0.3 is 20.1 Å². The largest absolute Gasteiger partial charge is 0.493 e. The number of aryl methyl sites for hydroxylation is 3. The van der Waals surface area contributed by atoms with E-state index in [0.717, 1.165) is 35.2 Å². The van der Waals surface area contributed by atoms with Crippen LogP contribution in [-0.4, -0.2) is 43.7 Å². The summed E-state index contributed by atoms with van der Waals surface area (Å²) in [5.74, 6) is -1.14. The standard InChI is InChI=1S/C24H27BrN4O5/c1-13-7-14(2)21(15(3)8-13)28-20(30)12-34-22-18(25)9-16(10-19(22)33-4)11-26-29-24(32)23(31)27-17-5-6-17/h7-11,17H,5-6,12H2,1-4H3,(H,27,31)(H,28,30)(H,29,32)/b26-11-. The molecule has 2 aromatic rings. The van der Waals surface area contributed by atoms with E-state index >= 15 is 0 Å². The van der Waals surface area contributed by atoms with Gasteiger partial charge in [0.25, 0.3) is 5.91 Å². The van der Waals surface area contributed by atoms with Gasteiger partial charge in [-0.3, -0.25) is 14.4 Å². The summed E-state index contributed by atoms with van der Waals surface area (Å²) in [7, 11) is 1.47. The second kappa shape index (κ2) is 11.1. The van der Waals surface area contributed by atoms with Crippen LogP contribution in [-0.2, 0) is 14.4 Å². The lowest BCUT2D eigenvalue weighted by Gasteiger charge is -2.15. The molecule has 3 rings (SSSR count). The Bertz CT molecular complexity index is 1120. The molecule has 0 aromatic heterocycles. The van der Waals surface area contributed by atoms with Crippen LogP contribution in [0.3, 0.4) is 0 Å². The summed E-state index contributed by atoms with van der Waals surface area (Å²) < 4.78 is 11.6. The van der Waals surface area contributed by atoms with E-state index in [2.05, 4.69) is 37.1 Å². The average molecular weight is 531 g/mol. The van der Waals surface area contributed by atoms with Crippen LogP contribution in [0.25, 0.3) is 0 Å². The van der Waals surface area contributed by atoms with E-state index in [9.17, 15) is 14.4 Å². The summed E-state index contributed by atoms with van der Waals surface area (Å²) in [6.07, 6.45) is 3.14. The number of ether oxygens (including phenoxy) is 2. The summed E-state index contributed by atoms with van der Waals surface area (Å²) in [5.41, 5.74) is 6.62. The quantitative estimate of drug-likeness (QED) is 0.275. The molecule has 1 saturated carbocycles. The number of nitrogens with one attached hydrogen (secondary N) is 3. The molecule has 1 fully saturated rings. The van der Waals surface area contributed by atoms with E-state index in [0.29, 0.717) is 21.5 Å². The lowest BCUT2D eigenvalue weighted by atomic mass is 10.1. The Morgan fingerprint density at radius 2 is 1.76 bits per heavy atom. The predicted molar refractivity (Wildman–Crippen MR) is 132 cm³/mol. The summed E-state index contributed by atoms with van der Waals surface area (Å²) in [6.45, 7) is 5.67. The molecule has 10 heteroatoms. The normalized spacial score (nSPS) is 12.9. The molecule has 0 bridgehead atoms. The highest BCUT2D eigenvalue weighted by atomic mass is 79.9. The van der Waals surface area contributed by atoms with Gasteiger partial charge in [0.05, 0.1) is 17.8 Å². The maximum Gasteiger partial charge on any atom is 0.329 e. The number of rotatable bonds is 8. The highest BCUT2D eigenvalue weighted by Crippen LogP contribution is 2.36. The van der Waals surface area contributed by atoms with Gasteiger partial charge in [-0.15, -0.1) is 0 Å². The number of benzene rings is 2. The predicted octanol–water partition coefficient (Wildman–Crippen LogP) is 3.13. The molecule has 0 aliphatic heterocycles. The molecule has 9 nitrogen and oxygen atoms in total. The molecule has 0 radical (unpaired) electrons. The van der Waals surface area contributed by atoms with Crippen molar-refractivity contribution in [3.05, 3.63) is 51.0 Å². The third kappa shape index (κ3) is 6.80. The molecule has 3 N–H and O–H groups in total. The molecule has 180 valence electrons. The van der Waals surface area contributed by atoms with Gasteiger partial charge in [-0.2, -0.15) is 5.10 Å². The Balaban J connectivity index is 1.61. The first kappa shape index (κ1) is 25.2. The maximum absolute atomic E-state index is 12.5. The Labute approximate surface area is 206 Å². The molecule has 0 heterocycles. The van der Waals surface area contributed by atoms with Crippen molar-refractivity contribution >= 4 is 45.6 Å². The fraction of sp³-hybridized carbons (Fsp3) is 0.333. The van der Waals surface area contributed by atoms with Gasteiger partial charge in [0, 0.05) is 11.7 Å². The summed E-state index contributed by atoms with van der Waals surface area (Å²) in [4.78, 5) is 35.9. The number of carbonyl (C=O) groups is 3. The molecule has 1 aliphatic rings. The van der Waals surface area contributed by atoms with Gasteiger partial charge in [-0.1, -0.05) is 17.7 Å². The third-order valence-corrected chi connectivity index (χ3v) is 5.63. The summed E-state index contributed by atoms with van der Waals surface area (Å²) in [5, 5.41) is 9.29. The number of hydrogen-bond acceptors (Lipinski definition) is 6. The van der Waals surface area contributed by atoms with Crippen LogP contribution in [0.1, 0.15) is 35.1 Å². The van der Waals surface area contributed by atoms with E-state index in [1.54, 1.807) is 12.1 Å². The molecule has 2 aromatic carbocycles. The Kier molecular flexibility index (Phi) is 8.27.